The van der Waals surface area contributed by atoms with Gasteiger partial charge in [-0.15, -0.1) is 0 Å². The van der Waals surface area contributed by atoms with E-state index in [2.05, 4.69) is 21.5 Å². The minimum atomic E-state index is -2.81. The summed E-state index contributed by atoms with van der Waals surface area (Å²) in [6.45, 7) is 0.965. The number of halogens is 2. The lowest BCUT2D eigenvalue weighted by Crippen LogP contribution is -2.46. The van der Waals surface area contributed by atoms with Gasteiger partial charge >= 0.3 is 6.61 Å². The van der Waals surface area contributed by atoms with Crippen molar-refractivity contribution >= 4 is 5.82 Å². The zero-order valence-corrected chi connectivity index (χ0v) is 10.2. The van der Waals surface area contributed by atoms with Gasteiger partial charge in [0, 0.05) is 19.1 Å². The number of nitrogens with zero attached hydrogens (tertiary/aromatic N) is 2. The molecule has 1 saturated heterocycles. The second-order valence-electron chi connectivity index (χ2n) is 4.61. The summed E-state index contributed by atoms with van der Waals surface area (Å²) in [4.78, 5) is 6.25. The molecule has 2 atom stereocenters. The number of hydrogen-bond donors (Lipinski definition) is 1. The normalized spacial score (nSPS) is 24.4. The van der Waals surface area contributed by atoms with Crippen LogP contribution in [-0.2, 0) is 0 Å². The van der Waals surface area contributed by atoms with Gasteiger partial charge in [0.05, 0.1) is 6.20 Å². The molecule has 0 aromatic carbocycles. The molecule has 0 aliphatic carbocycles. The Hall–Kier alpha value is -1.43. The summed E-state index contributed by atoms with van der Waals surface area (Å²) in [5, 5.41) is 0. The van der Waals surface area contributed by atoms with E-state index in [1.807, 2.05) is 0 Å². The average Bonchev–Trinajstić information content (AvgIpc) is 2.33. The summed E-state index contributed by atoms with van der Waals surface area (Å²) >= 11 is 0. The predicted molar refractivity (Wildman–Crippen MR) is 64.8 cm³/mol. The Morgan fingerprint density at radius 3 is 2.83 bits per heavy atom. The van der Waals surface area contributed by atoms with Gasteiger partial charge in [-0.05, 0) is 24.5 Å². The van der Waals surface area contributed by atoms with Gasteiger partial charge in [-0.2, -0.15) is 8.78 Å². The van der Waals surface area contributed by atoms with Crippen molar-refractivity contribution in [2.75, 3.05) is 18.0 Å². The molecule has 1 aromatic heterocycles. The molecule has 0 amide bonds. The number of ether oxygens (including phenoxy) is 1. The molecule has 1 fully saturated rings. The van der Waals surface area contributed by atoms with Crippen molar-refractivity contribution in [3.63, 3.8) is 0 Å². The van der Waals surface area contributed by atoms with Crippen LogP contribution < -0.4 is 15.4 Å². The summed E-state index contributed by atoms with van der Waals surface area (Å²) in [7, 11) is 0. The van der Waals surface area contributed by atoms with E-state index in [-0.39, 0.29) is 11.8 Å². The number of pyridine rings is 1. The van der Waals surface area contributed by atoms with Gasteiger partial charge in [-0.25, -0.2) is 4.98 Å². The van der Waals surface area contributed by atoms with E-state index >= 15 is 0 Å². The van der Waals surface area contributed by atoms with Crippen molar-refractivity contribution in [2.45, 2.75) is 26.0 Å². The Bertz CT molecular complexity index is 385. The van der Waals surface area contributed by atoms with Crippen LogP contribution in [0.15, 0.2) is 18.3 Å². The van der Waals surface area contributed by atoms with Crippen molar-refractivity contribution in [2.24, 2.45) is 11.7 Å². The third kappa shape index (κ3) is 3.07. The summed E-state index contributed by atoms with van der Waals surface area (Å²) < 4.78 is 28.3. The highest BCUT2D eigenvalue weighted by Crippen LogP contribution is 2.22. The fourth-order valence-electron chi connectivity index (χ4n) is 2.10. The number of alkyl halides is 2. The van der Waals surface area contributed by atoms with Gasteiger partial charge in [0.15, 0.2) is 0 Å². The quantitative estimate of drug-likeness (QED) is 0.898. The standard InChI is InChI=1S/C12H17F2N3O/c1-8-7-17(5-4-10(8)15)11-3-2-9(6-16-11)18-12(13)14/h2-3,6,8,10,12H,4-5,7,15H2,1H3. The topological polar surface area (TPSA) is 51.4 Å². The summed E-state index contributed by atoms with van der Waals surface area (Å²) in [5.41, 5.74) is 5.95. The monoisotopic (exact) mass is 257 g/mol. The molecule has 2 N–H and O–H groups in total. The van der Waals surface area contributed by atoms with Crippen LogP contribution in [0, 0.1) is 5.92 Å². The maximum Gasteiger partial charge on any atom is 0.387 e. The second-order valence-corrected chi connectivity index (χ2v) is 4.61. The summed E-state index contributed by atoms with van der Waals surface area (Å²) in [6.07, 6.45) is 2.23. The number of anilines is 1. The number of aromatic nitrogens is 1. The van der Waals surface area contributed by atoms with Gasteiger partial charge in [0.1, 0.15) is 11.6 Å². The minimum Gasteiger partial charge on any atom is -0.433 e. The van der Waals surface area contributed by atoms with E-state index in [4.69, 9.17) is 5.73 Å². The van der Waals surface area contributed by atoms with Crippen LogP contribution in [0.1, 0.15) is 13.3 Å². The highest BCUT2D eigenvalue weighted by Gasteiger charge is 2.23. The van der Waals surface area contributed by atoms with Crippen LogP contribution in [0.5, 0.6) is 5.75 Å². The van der Waals surface area contributed by atoms with Crippen molar-refractivity contribution < 1.29 is 13.5 Å². The molecule has 100 valence electrons. The third-order valence-electron chi connectivity index (χ3n) is 3.24. The SMILES string of the molecule is CC1CN(c2ccc(OC(F)F)cn2)CCC1N. The van der Waals surface area contributed by atoms with E-state index in [1.54, 1.807) is 6.07 Å². The lowest BCUT2D eigenvalue weighted by atomic mass is 9.95. The van der Waals surface area contributed by atoms with Gasteiger partial charge in [0.2, 0.25) is 0 Å². The Balaban J connectivity index is 2.01. The molecule has 18 heavy (non-hydrogen) atoms. The van der Waals surface area contributed by atoms with Crippen LogP contribution in [0.25, 0.3) is 0 Å². The van der Waals surface area contributed by atoms with Gasteiger partial charge < -0.3 is 15.4 Å². The lowest BCUT2D eigenvalue weighted by Gasteiger charge is -2.35. The first-order valence-corrected chi connectivity index (χ1v) is 5.97. The molecule has 0 radical (unpaired) electrons. The van der Waals surface area contributed by atoms with Crippen molar-refractivity contribution in [3.05, 3.63) is 18.3 Å². The number of piperidine rings is 1. The third-order valence-corrected chi connectivity index (χ3v) is 3.24. The first kappa shape index (κ1) is 13.0. The predicted octanol–water partition coefficient (Wildman–Crippen LogP) is 1.86. The average molecular weight is 257 g/mol. The van der Waals surface area contributed by atoms with Crippen LogP contribution in [-0.4, -0.2) is 30.7 Å². The van der Waals surface area contributed by atoms with E-state index in [9.17, 15) is 8.78 Å². The fourth-order valence-corrected chi connectivity index (χ4v) is 2.10. The number of rotatable bonds is 3. The molecule has 1 aliphatic rings. The number of nitrogens with two attached hydrogens (primary N) is 1. The second kappa shape index (κ2) is 5.48. The Kier molecular flexibility index (Phi) is 3.96. The first-order valence-electron chi connectivity index (χ1n) is 5.97. The summed E-state index contributed by atoms with van der Waals surface area (Å²) in [6, 6.07) is 3.43. The van der Waals surface area contributed by atoms with Crippen molar-refractivity contribution in [1.82, 2.24) is 4.98 Å². The Morgan fingerprint density at radius 2 is 2.28 bits per heavy atom. The molecular formula is C12H17F2N3O. The molecule has 0 bridgehead atoms. The highest BCUT2D eigenvalue weighted by molar-refractivity contribution is 5.41. The zero-order chi connectivity index (χ0) is 13.1. The molecule has 1 aromatic rings. The molecule has 0 spiro atoms. The molecule has 6 heteroatoms. The Labute approximate surface area is 105 Å². The molecule has 4 nitrogen and oxygen atoms in total. The maximum atomic E-state index is 12.0. The molecule has 0 saturated carbocycles. The Morgan fingerprint density at radius 1 is 1.50 bits per heavy atom. The van der Waals surface area contributed by atoms with E-state index < -0.39 is 6.61 Å². The molecule has 2 rings (SSSR count). The minimum absolute atomic E-state index is 0.0792. The van der Waals surface area contributed by atoms with E-state index in [1.165, 1.54) is 12.3 Å². The van der Waals surface area contributed by atoms with E-state index in [0.717, 1.165) is 25.3 Å². The smallest absolute Gasteiger partial charge is 0.387 e. The lowest BCUT2D eigenvalue weighted by molar-refractivity contribution is -0.0500. The largest absolute Gasteiger partial charge is 0.433 e. The van der Waals surface area contributed by atoms with Crippen LogP contribution in [0.2, 0.25) is 0 Å². The molecule has 1 aliphatic heterocycles. The summed E-state index contributed by atoms with van der Waals surface area (Å²) in [5.74, 6) is 1.25. The first-order chi connectivity index (χ1) is 8.56. The van der Waals surface area contributed by atoms with Crippen molar-refractivity contribution in [3.8, 4) is 5.75 Å². The maximum absolute atomic E-state index is 12.0. The van der Waals surface area contributed by atoms with Crippen molar-refractivity contribution in [1.29, 1.82) is 0 Å². The fraction of sp³-hybridized carbons (Fsp3) is 0.583. The van der Waals surface area contributed by atoms with E-state index in [0.29, 0.717) is 5.92 Å². The van der Waals surface area contributed by atoms with Crippen LogP contribution in [0.4, 0.5) is 14.6 Å². The zero-order valence-electron chi connectivity index (χ0n) is 10.2. The molecular weight excluding hydrogens is 240 g/mol. The highest BCUT2D eigenvalue weighted by atomic mass is 19.3. The van der Waals surface area contributed by atoms with Crippen LogP contribution in [0.3, 0.4) is 0 Å². The van der Waals surface area contributed by atoms with Gasteiger partial charge in [-0.3, -0.25) is 0 Å². The molecule has 2 unspecified atom stereocenters. The van der Waals surface area contributed by atoms with Gasteiger partial charge in [0.25, 0.3) is 0 Å². The van der Waals surface area contributed by atoms with Gasteiger partial charge in [-0.1, -0.05) is 6.92 Å². The number of hydrogen-bond acceptors (Lipinski definition) is 4. The van der Waals surface area contributed by atoms with Crippen LogP contribution >= 0.6 is 0 Å². The molecule has 2 heterocycles.